The van der Waals surface area contributed by atoms with Gasteiger partial charge in [0.25, 0.3) is 5.91 Å². The maximum absolute atomic E-state index is 13.2. The number of para-hydroxylation sites is 2. The number of ether oxygens (including phenoxy) is 3. The zero-order chi connectivity index (χ0) is 19.4. The van der Waals surface area contributed by atoms with Crippen LogP contribution in [0.2, 0.25) is 0 Å². The van der Waals surface area contributed by atoms with Gasteiger partial charge < -0.3 is 19.1 Å². The number of halogens is 1. The molecule has 2 aromatic rings. The fourth-order valence-electron chi connectivity index (χ4n) is 3.12. The molecule has 0 radical (unpaired) electrons. The number of amides is 1. The number of carbonyl (C=O) groups is 1. The number of morpholine rings is 1. The molecule has 2 aromatic carbocycles. The van der Waals surface area contributed by atoms with Crippen molar-refractivity contribution in [2.24, 2.45) is 0 Å². The third-order valence-electron chi connectivity index (χ3n) is 4.68. The molecule has 5 nitrogen and oxygen atoms in total. The van der Waals surface area contributed by atoms with Crippen LogP contribution in [0.3, 0.4) is 0 Å². The topological polar surface area (TPSA) is 48.0 Å². The first kappa shape index (κ1) is 19.2. The molecule has 1 unspecified atom stereocenters. The quantitative estimate of drug-likeness (QED) is 0.804. The van der Waals surface area contributed by atoms with Crippen LogP contribution in [0.15, 0.2) is 48.5 Å². The molecule has 1 atom stereocenters. The monoisotopic (exact) mass is 373 g/mol. The van der Waals surface area contributed by atoms with Crippen molar-refractivity contribution >= 4 is 5.91 Å². The summed E-state index contributed by atoms with van der Waals surface area (Å²) in [5, 5.41) is 0. The second-order valence-corrected chi connectivity index (χ2v) is 7.11. The van der Waals surface area contributed by atoms with Crippen molar-refractivity contribution in [3.05, 3.63) is 59.9 Å². The number of hydrogen-bond donors (Lipinski definition) is 0. The summed E-state index contributed by atoms with van der Waals surface area (Å²) in [6.45, 7) is 4.58. The van der Waals surface area contributed by atoms with E-state index in [1.54, 1.807) is 36.3 Å². The van der Waals surface area contributed by atoms with E-state index in [9.17, 15) is 9.18 Å². The zero-order valence-electron chi connectivity index (χ0n) is 15.8. The van der Waals surface area contributed by atoms with Gasteiger partial charge in [0.2, 0.25) is 0 Å². The number of benzene rings is 2. The van der Waals surface area contributed by atoms with Crippen LogP contribution in [-0.2, 0) is 9.53 Å². The Morgan fingerprint density at radius 1 is 1.19 bits per heavy atom. The molecule has 1 aliphatic rings. The smallest absolute Gasteiger partial charge is 0.261 e. The summed E-state index contributed by atoms with van der Waals surface area (Å²) in [6, 6.07) is 13.4. The fourth-order valence-corrected chi connectivity index (χ4v) is 3.12. The number of methoxy groups -OCH3 is 1. The molecule has 0 aromatic heterocycles. The number of rotatable bonds is 5. The molecule has 6 heteroatoms. The largest absolute Gasteiger partial charge is 0.493 e. The van der Waals surface area contributed by atoms with Gasteiger partial charge >= 0.3 is 0 Å². The molecule has 1 amide bonds. The van der Waals surface area contributed by atoms with E-state index in [-0.39, 0.29) is 24.4 Å². The van der Waals surface area contributed by atoms with Crippen molar-refractivity contribution in [3.63, 3.8) is 0 Å². The third-order valence-corrected chi connectivity index (χ3v) is 4.68. The average molecular weight is 373 g/mol. The van der Waals surface area contributed by atoms with E-state index in [1.807, 2.05) is 26.0 Å². The first-order valence-electron chi connectivity index (χ1n) is 8.84. The predicted octanol–water partition coefficient (Wildman–Crippen LogP) is 3.59. The maximum Gasteiger partial charge on any atom is 0.261 e. The molecule has 27 heavy (non-hydrogen) atoms. The van der Waals surface area contributed by atoms with Gasteiger partial charge in [0.05, 0.1) is 25.8 Å². The summed E-state index contributed by atoms with van der Waals surface area (Å²) in [7, 11) is 1.56. The summed E-state index contributed by atoms with van der Waals surface area (Å²) in [6.07, 6.45) is -0.297. The normalized spacial score (nSPS) is 18.8. The van der Waals surface area contributed by atoms with Crippen molar-refractivity contribution < 1.29 is 23.4 Å². The molecule has 0 bridgehead atoms. The average Bonchev–Trinajstić information content (AvgIpc) is 2.67. The number of nitrogens with zero attached hydrogens (tertiary/aromatic N) is 1. The predicted molar refractivity (Wildman–Crippen MR) is 99.4 cm³/mol. The Kier molecular flexibility index (Phi) is 5.65. The van der Waals surface area contributed by atoms with Gasteiger partial charge in [0.15, 0.2) is 18.1 Å². The van der Waals surface area contributed by atoms with Crippen LogP contribution in [0.25, 0.3) is 0 Å². The van der Waals surface area contributed by atoms with Crippen molar-refractivity contribution in [1.82, 2.24) is 4.90 Å². The standard InChI is InChI=1S/C21H24FNO4/c1-21(2)14-27-19(15-8-10-16(22)11-9-15)12-23(21)20(24)13-26-18-7-5-4-6-17(18)25-3/h4-11,19H,12-14H2,1-3H3. The zero-order valence-corrected chi connectivity index (χ0v) is 15.8. The van der Waals surface area contributed by atoms with Crippen molar-refractivity contribution in [2.75, 3.05) is 26.9 Å². The molecule has 0 saturated carbocycles. The van der Waals surface area contributed by atoms with Gasteiger partial charge in [-0.05, 0) is 43.7 Å². The van der Waals surface area contributed by atoms with Gasteiger partial charge in [-0.3, -0.25) is 4.79 Å². The molecule has 0 spiro atoms. The molecule has 1 fully saturated rings. The van der Waals surface area contributed by atoms with E-state index >= 15 is 0 Å². The first-order valence-corrected chi connectivity index (χ1v) is 8.84. The van der Waals surface area contributed by atoms with Crippen LogP contribution < -0.4 is 9.47 Å². The third kappa shape index (κ3) is 4.39. The lowest BCUT2D eigenvalue weighted by molar-refractivity contribution is -0.156. The van der Waals surface area contributed by atoms with Crippen LogP contribution >= 0.6 is 0 Å². The highest BCUT2D eigenvalue weighted by Crippen LogP contribution is 2.31. The second-order valence-electron chi connectivity index (χ2n) is 7.11. The highest BCUT2D eigenvalue weighted by Gasteiger charge is 2.38. The van der Waals surface area contributed by atoms with E-state index in [1.165, 1.54) is 12.1 Å². The van der Waals surface area contributed by atoms with E-state index < -0.39 is 5.54 Å². The molecule has 3 rings (SSSR count). The maximum atomic E-state index is 13.2. The van der Waals surface area contributed by atoms with E-state index in [0.29, 0.717) is 24.7 Å². The summed E-state index contributed by atoms with van der Waals surface area (Å²) in [4.78, 5) is 14.6. The molecular weight excluding hydrogens is 349 g/mol. The van der Waals surface area contributed by atoms with Crippen LogP contribution in [0.1, 0.15) is 25.5 Å². The molecule has 1 heterocycles. The highest BCUT2D eigenvalue weighted by atomic mass is 19.1. The molecule has 1 aliphatic heterocycles. The minimum Gasteiger partial charge on any atom is -0.493 e. The van der Waals surface area contributed by atoms with Crippen molar-refractivity contribution in [3.8, 4) is 11.5 Å². The van der Waals surface area contributed by atoms with Gasteiger partial charge in [0, 0.05) is 0 Å². The van der Waals surface area contributed by atoms with Crippen LogP contribution in [0.5, 0.6) is 11.5 Å². The van der Waals surface area contributed by atoms with Crippen LogP contribution in [0.4, 0.5) is 4.39 Å². The Morgan fingerprint density at radius 2 is 1.85 bits per heavy atom. The van der Waals surface area contributed by atoms with Crippen LogP contribution in [-0.4, -0.2) is 43.2 Å². The summed E-state index contributed by atoms with van der Waals surface area (Å²) >= 11 is 0. The van der Waals surface area contributed by atoms with E-state index in [2.05, 4.69) is 0 Å². The number of hydrogen-bond acceptors (Lipinski definition) is 4. The molecule has 0 N–H and O–H groups in total. The molecular formula is C21H24FNO4. The Labute approximate surface area is 158 Å². The van der Waals surface area contributed by atoms with Crippen molar-refractivity contribution in [2.45, 2.75) is 25.5 Å². The van der Waals surface area contributed by atoms with Gasteiger partial charge in [-0.2, -0.15) is 0 Å². The fraction of sp³-hybridized carbons (Fsp3) is 0.381. The lowest BCUT2D eigenvalue weighted by Crippen LogP contribution is -2.57. The minimum atomic E-state index is -0.461. The lowest BCUT2D eigenvalue weighted by atomic mass is 9.98. The van der Waals surface area contributed by atoms with Crippen LogP contribution in [0, 0.1) is 5.82 Å². The van der Waals surface area contributed by atoms with Gasteiger partial charge in [0.1, 0.15) is 11.9 Å². The lowest BCUT2D eigenvalue weighted by Gasteiger charge is -2.45. The summed E-state index contributed by atoms with van der Waals surface area (Å²) in [5.74, 6) is 0.666. The van der Waals surface area contributed by atoms with Gasteiger partial charge in [-0.25, -0.2) is 4.39 Å². The Morgan fingerprint density at radius 3 is 2.52 bits per heavy atom. The Balaban J connectivity index is 1.70. The summed E-state index contributed by atoms with van der Waals surface area (Å²) in [5.41, 5.74) is 0.382. The molecule has 0 aliphatic carbocycles. The second kappa shape index (κ2) is 7.96. The molecule has 1 saturated heterocycles. The minimum absolute atomic E-state index is 0.0973. The van der Waals surface area contributed by atoms with Gasteiger partial charge in [-0.15, -0.1) is 0 Å². The first-order chi connectivity index (χ1) is 12.9. The Bertz CT molecular complexity index is 791. The number of carbonyl (C=O) groups excluding carboxylic acids is 1. The summed E-state index contributed by atoms with van der Waals surface area (Å²) < 4.78 is 30.0. The van der Waals surface area contributed by atoms with E-state index in [4.69, 9.17) is 14.2 Å². The van der Waals surface area contributed by atoms with Gasteiger partial charge in [-0.1, -0.05) is 24.3 Å². The molecule has 144 valence electrons. The SMILES string of the molecule is COc1ccccc1OCC(=O)N1CC(c2ccc(F)cc2)OCC1(C)C. The van der Waals surface area contributed by atoms with Crippen molar-refractivity contribution in [1.29, 1.82) is 0 Å². The highest BCUT2D eigenvalue weighted by molar-refractivity contribution is 5.79. The van der Waals surface area contributed by atoms with E-state index in [0.717, 1.165) is 5.56 Å². The Hall–Kier alpha value is -2.60.